The van der Waals surface area contributed by atoms with Gasteiger partial charge in [0.1, 0.15) is 0 Å². The first-order valence-electron chi connectivity index (χ1n) is 6.40. The Morgan fingerprint density at radius 1 is 1.38 bits per heavy atom. The fraction of sp³-hybridized carbons (Fsp3) is 0.786. The van der Waals surface area contributed by atoms with Crippen molar-refractivity contribution < 1.29 is 0 Å². The summed E-state index contributed by atoms with van der Waals surface area (Å²) < 4.78 is 0. The van der Waals surface area contributed by atoms with Crippen LogP contribution in [0.2, 0.25) is 0 Å². The zero-order valence-corrected chi connectivity index (χ0v) is 11.6. The molecule has 0 aliphatic carbocycles. The van der Waals surface area contributed by atoms with Crippen LogP contribution in [0.5, 0.6) is 0 Å². The Hall–Kier alpha value is -0.790. The van der Waals surface area contributed by atoms with Crippen LogP contribution >= 0.6 is 0 Å². The summed E-state index contributed by atoms with van der Waals surface area (Å²) in [5, 5.41) is 3.48. The molecule has 16 heavy (non-hydrogen) atoms. The number of rotatable bonds is 8. The number of hydrogen-bond acceptors (Lipinski definition) is 2. The zero-order chi connectivity index (χ0) is 12.6. The van der Waals surface area contributed by atoms with Gasteiger partial charge in [0.15, 0.2) is 0 Å². The minimum Gasteiger partial charge on any atom is -0.381 e. The van der Waals surface area contributed by atoms with Gasteiger partial charge >= 0.3 is 0 Å². The van der Waals surface area contributed by atoms with E-state index in [4.69, 9.17) is 0 Å². The van der Waals surface area contributed by atoms with Crippen molar-refractivity contribution in [3.63, 3.8) is 0 Å². The summed E-state index contributed by atoms with van der Waals surface area (Å²) in [6, 6.07) is 0.307. The van der Waals surface area contributed by atoms with Gasteiger partial charge in [0.2, 0.25) is 0 Å². The van der Waals surface area contributed by atoms with E-state index in [1.54, 1.807) is 0 Å². The fourth-order valence-corrected chi connectivity index (χ4v) is 1.58. The molecule has 0 bridgehead atoms. The van der Waals surface area contributed by atoms with Crippen LogP contribution < -0.4 is 5.32 Å². The summed E-state index contributed by atoms with van der Waals surface area (Å²) in [6.45, 7) is 13.0. The minimum atomic E-state index is 0.307. The molecule has 2 nitrogen and oxygen atoms in total. The lowest BCUT2D eigenvalue weighted by atomic mass is 9.99. The normalized spacial score (nSPS) is 15.4. The van der Waals surface area contributed by atoms with Crippen LogP contribution in [0.1, 0.15) is 47.0 Å². The summed E-state index contributed by atoms with van der Waals surface area (Å²) in [5.41, 5.74) is 1.15. The van der Waals surface area contributed by atoms with Gasteiger partial charge in [-0.2, -0.15) is 0 Å². The average Bonchev–Trinajstić information content (AvgIpc) is 2.24. The van der Waals surface area contributed by atoms with E-state index < -0.39 is 0 Å². The van der Waals surface area contributed by atoms with Crippen LogP contribution in [0.25, 0.3) is 0 Å². The summed E-state index contributed by atoms with van der Waals surface area (Å²) in [5.74, 6) is 1.09. The third kappa shape index (κ3) is 5.94. The Morgan fingerprint density at radius 2 is 2.00 bits per heavy atom. The molecule has 0 fully saturated rings. The summed E-state index contributed by atoms with van der Waals surface area (Å²) >= 11 is 0. The van der Waals surface area contributed by atoms with Crippen molar-refractivity contribution in [2.75, 3.05) is 7.05 Å². The van der Waals surface area contributed by atoms with Gasteiger partial charge in [-0.05, 0) is 18.3 Å². The van der Waals surface area contributed by atoms with Crippen LogP contribution in [0.4, 0.5) is 0 Å². The van der Waals surface area contributed by atoms with E-state index in [9.17, 15) is 0 Å². The lowest BCUT2D eigenvalue weighted by Crippen LogP contribution is -2.36. The molecule has 0 amide bonds. The number of unbranched alkanes of at least 4 members (excludes halogenated alkanes) is 1. The second kappa shape index (κ2) is 8.37. The van der Waals surface area contributed by atoms with Gasteiger partial charge in [-0.15, -0.1) is 0 Å². The van der Waals surface area contributed by atoms with E-state index in [1.165, 1.54) is 19.3 Å². The number of hydrogen-bond donors (Lipinski definition) is 1. The van der Waals surface area contributed by atoms with E-state index >= 15 is 0 Å². The SMILES string of the molecule is C=C(NC(C=NC)C(C)C)C(C)CCCC. The van der Waals surface area contributed by atoms with Crippen LogP contribution in [0.15, 0.2) is 17.3 Å². The Labute approximate surface area is 101 Å². The molecule has 0 spiro atoms. The van der Waals surface area contributed by atoms with Crippen molar-refractivity contribution in [3.8, 4) is 0 Å². The molecule has 0 heterocycles. The maximum atomic E-state index is 4.14. The van der Waals surface area contributed by atoms with E-state index in [0.29, 0.717) is 17.9 Å². The first-order chi connectivity index (χ1) is 7.52. The molecule has 94 valence electrons. The molecular weight excluding hydrogens is 196 g/mol. The molecule has 0 aliphatic rings. The van der Waals surface area contributed by atoms with Crippen LogP contribution in [-0.4, -0.2) is 19.3 Å². The van der Waals surface area contributed by atoms with Crippen molar-refractivity contribution in [2.45, 2.75) is 53.0 Å². The predicted molar refractivity (Wildman–Crippen MR) is 74.0 cm³/mol. The molecule has 2 unspecified atom stereocenters. The lowest BCUT2D eigenvalue weighted by Gasteiger charge is -2.24. The number of nitrogens with zero attached hydrogens (tertiary/aromatic N) is 1. The van der Waals surface area contributed by atoms with Gasteiger partial charge in [-0.25, -0.2) is 0 Å². The Balaban J connectivity index is 4.17. The number of allylic oxidation sites excluding steroid dienone is 1. The van der Waals surface area contributed by atoms with E-state index in [2.05, 4.69) is 44.6 Å². The second-order valence-corrected chi connectivity index (χ2v) is 4.89. The smallest absolute Gasteiger partial charge is 0.0631 e. The monoisotopic (exact) mass is 224 g/mol. The van der Waals surface area contributed by atoms with Gasteiger partial charge in [-0.3, -0.25) is 4.99 Å². The maximum Gasteiger partial charge on any atom is 0.0631 e. The minimum absolute atomic E-state index is 0.307. The highest BCUT2D eigenvalue weighted by Crippen LogP contribution is 2.15. The Kier molecular flexibility index (Phi) is 7.96. The van der Waals surface area contributed by atoms with E-state index in [0.717, 1.165) is 5.70 Å². The van der Waals surface area contributed by atoms with Crippen LogP contribution in [0.3, 0.4) is 0 Å². The summed E-state index contributed by atoms with van der Waals surface area (Å²) in [6.07, 6.45) is 5.72. The standard InChI is InChI=1S/C14H28N2/c1-7-8-9-12(4)13(5)16-14(10-15-6)11(2)3/h10-12,14,16H,5,7-9H2,1-4,6H3. The van der Waals surface area contributed by atoms with Crippen molar-refractivity contribution in [1.82, 2.24) is 5.32 Å². The van der Waals surface area contributed by atoms with Gasteiger partial charge < -0.3 is 5.32 Å². The van der Waals surface area contributed by atoms with Gasteiger partial charge in [0.05, 0.1) is 6.04 Å². The Bertz CT molecular complexity index is 219. The van der Waals surface area contributed by atoms with Crippen molar-refractivity contribution in [2.24, 2.45) is 16.8 Å². The largest absolute Gasteiger partial charge is 0.381 e. The topological polar surface area (TPSA) is 24.4 Å². The molecule has 0 radical (unpaired) electrons. The van der Waals surface area contributed by atoms with Crippen molar-refractivity contribution in [3.05, 3.63) is 12.3 Å². The molecule has 0 saturated carbocycles. The van der Waals surface area contributed by atoms with Gasteiger partial charge in [-0.1, -0.05) is 47.1 Å². The summed E-state index contributed by atoms with van der Waals surface area (Å²) in [4.78, 5) is 4.10. The maximum absolute atomic E-state index is 4.14. The van der Waals surface area contributed by atoms with Gasteiger partial charge in [0, 0.05) is 19.0 Å². The van der Waals surface area contributed by atoms with Crippen LogP contribution in [-0.2, 0) is 0 Å². The molecule has 0 aromatic carbocycles. The highest BCUT2D eigenvalue weighted by Gasteiger charge is 2.13. The fourth-order valence-electron chi connectivity index (χ4n) is 1.58. The Morgan fingerprint density at radius 3 is 2.44 bits per heavy atom. The molecule has 0 saturated heterocycles. The molecule has 0 aromatic rings. The highest BCUT2D eigenvalue weighted by atomic mass is 14.9. The molecular formula is C14H28N2. The first-order valence-corrected chi connectivity index (χ1v) is 6.40. The van der Waals surface area contributed by atoms with E-state index in [1.807, 2.05) is 13.3 Å². The summed E-state index contributed by atoms with van der Waals surface area (Å²) in [7, 11) is 1.82. The third-order valence-corrected chi connectivity index (χ3v) is 2.97. The van der Waals surface area contributed by atoms with Gasteiger partial charge in [0.25, 0.3) is 0 Å². The quantitative estimate of drug-likeness (QED) is 0.625. The average molecular weight is 224 g/mol. The highest BCUT2D eigenvalue weighted by molar-refractivity contribution is 5.65. The molecule has 1 N–H and O–H groups in total. The lowest BCUT2D eigenvalue weighted by molar-refractivity contribution is 0.475. The number of nitrogens with one attached hydrogen (secondary N) is 1. The first kappa shape index (κ1) is 15.2. The van der Waals surface area contributed by atoms with Crippen molar-refractivity contribution >= 4 is 6.21 Å². The van der Waals surface area contributed by atoms with Crippen LogP contribution in [0, 0.1) is 11.8 Å². The second-order valence-electron chi connectivity index (χ2n) is 4.89. The number of aliphatic imine (C=N–C) groups is 1. The molecule has 0 rings (SSSR count). The molecule has 0 aromatic heterocycles. The van der Waals surface area contributed by atoms with E-state index in [-0.39, 0.29) is 0 Å². The zero-order valence-electron chi connectivity index (χ0n) is 11.6. The third-order valence-electron chi connectivity index (χ3n) is 2.97. The van der Waals surface area contributed by atoms with Crippen molar-refractivity contribution in [1.29, 1.82) is 0 Å². The predicted octanol–water partition coefficient (Wildman–Crippen LogP) is 3.64. The molecule has 2 atom stereocenters. The molecule has 0 aliphatic heterocycles. The molecule has 2 heteroatoms.